The normalized spacial score (nSPS) is 25.7. The number of benzene rings is 1. The summed E-state index contributed by atoms with van der Waals surface area (Å²) in [6.07, 6.45) is 2.68. The minimum atomic E-state index is -2.49. The molecule has 0 heterocycles. The molecule has 1 fully saturated rings. The molecule has 4 atom stereocenters. The van der Waals surface area contributed by atoms with Crippen LogP contribution in [0, 0.1) is 0 Å². The van der Waals surface area contributed by atoms with Crippen molar-refractivity contribution in [3.8, 4) is 0 Å². The first kappa shape index (κ1) is 21.4. The van der Waals surface area contributed by atoms with Gasteiger partial charge in [0, 0.05) is 14.6 Å². The Labute approximate surface area is 221 Å². The summed E-state index contributed by atoms with van der Waals surface area (Å²) in [5, 5.41) is 40.2. The molecule has 35 heavy (non-hydrogen) atoms. The van der Waals surface area contributed by atoms with Gasteiger partial charge in [0.25, 0.3) is 0 Å². The summed E-state index contributed by atoms with van der Waals surface area (Å²) < 4.78 is 47.7. The third-order valence-corrected chi connectivity index (χ3v) is 6.31. The van der Waals surface area contributed by atoms with Crippen LogP contribution in [0.5, 0.6) is 0 Å². The molecule has 0 saturated heterocycles. The fourth-order valence-electron chi connectivity index (χ4n) is 4.24. The van der Waals surface area contributed by atoms with Crippen LogP contribution >= 0.6 is 0 Å². The van der Waals surface area contributed by atoms with Gasteiger partial charge in [-0.3, -0.25) is 0 Å². The number of aliphatic hydroxyl groups excluding tert-OH is 3. The Morgan fingerprint density at radius 2 is 2.03 bits per heavy atom. The highest BCUT2D eigenvalue weighted by molar-refractivity contribution is 5.68. The van der Waals surface area contributed by atoms with E-state index < -0.39 is 43.5 Å². The van der Waals surface area contributed by atoms with Crippen molar-refractivity contribution in [3.05, 3.63) is 65.3 Å². The first-order chi connectivity index (χ1) is 18.9. The highest BCUT2D eigenvalue weighted by Gasteiger charge is 2.24. The Morgan fingerprint density at radius 3 is 2.77 bits per heavy atom. The zero-order valence-corrected chi connectivity index (χ0v) is 21.3. The summed E-state index contributed by atoms with van der Waals surface area (Å²) in [5.41, 5.74) is 2.74. The molecule has 0 spiro atoms. The van der Waals surface area contributed by atoms with Crippen LogP contribution in [0.4, 0.5) is 0 Å². The standard InChI is InChI=1S/C31H48O4/c1-23(32)12-7-5-8-13-25-14-11-16-28(20-25)26(15-9-6-10-19-31(3,4)35)17-18-27-21-29(33)22-30(34)24(27)2/h11,14,16-18,20,23,29-30,32-35H,2,5-10,12-13,15,19,21-22H2,1,3-4H3/b26-17+,27-18-/t23?,29-,30+/m1/s1/i1D3,8D,13D2/t8?,23?,29-,30+. The van der Waals surface area contributed by atoms with E-state index in [-0.39, 0.29) is 25.7 Å². The largest absolute Gasteiger partial charge is 0.393 e. The number of unbranched alkanes of at least 4 members (excludes halogenated alkanes) is 2. The summed E-state index contributed by atoms with van der Waals surface area (Å²) in [6, 6.07) is 7.05. The second kappa shape index (κ2) is 14.7. The Bertz CT molecular complexity index is 1060. The van der Waals surface area contributed by atoms with E-state index >= 15 is 0 Å². The maximum atomic E-state index is 10.2. The molecule has 1 aromatic carbocycles. The average molecular weight is 491 g/mol. The van der Waals surface area contributed by atoms with Gasteiger partial charge >= 0.3 is 0 Å². The molecule has 1 saturated carbocycles. The van der Waals surface area contributed by atoms with Crippen LogP contribution in [0.15, 0.2) is 54.1 Å². The Morgan fingerprint density at radius 1 is 1.23 bits per heavy atom. The van der Waals surface area contributed by atoms with Crippen LogP contribution in [-0.4, -0.2) is 44.3 Å². The summed E-state index contributed by atoms with van der Waals surface area (Å²) in [7, 11) is 0. The lowest BCUT2D eigenvalue weighted by molar-refractivity contribution is 0.0681. The molecule has 4 N–H and O–H groups in total. The van der Waals surface area contributed by atoms with Crippen molar-refractivity contribution >= 4 is 5.57 Å². The number of allylic oxidation sites excluding steroid dienone is 3. The third kappa shape index (κ3) is 11.7. The Kier molecular flexibility index (Phi) is 9.00. The van der Waals surface area contributed by atoms with Crippen LogP contribution in [0.2, 0.25) is 0 Å². The van der Waals surface area contributed by atoms with Gasteiger partial charge in [-0.05, 0) is 93.4 Å². The summed E-state index contributed by atoms with van der Waals surface area (Å²) in [5.74, 6) is 0. The fourth-order valence-corrected chi connectivity index (χ4v) is 4.24. The van der Waals surface area contributed by atoms with Gasteiger partial charge in [-0.1, -0.05) is 68.7 Å². The van der Waals surface area contributed by atoms with Crippen molar-refractivity contribution in [3.63, 3.8) is 0 Å². The zero-order chi connectivity index (χ0) is 31.0. The number of hydrogen-bond donors (Lipinski definition) is 4. The van der Waals surface area contributed by atoms with Crippen molar-refractivity contribution in [1.29, 1.82) is 0 Å². The lowest BCUT2D eigenvalue weighted by Crippen LogP contribution is -2.26. The SMILES string of the molecule is [2H]C(CCCC(O)C([2H])([2H])[2H])C([2H])([2H])c1cccc(/C(=C/C=C2/C[C@@H](O)C[C@H](O)C2=C)CCCCCC(C)(C)O)c1. The fraction of sp³-hybridized carbons (Fsp3) is 0.613. The molecular formula is C31H48O4. The molecule has 0 bridgehead atoms. The molecule has 0 aliphatic heterocycles. The summed E-state index contributed by atoms with van der Waals surface area (Å²) in [4.78, 5) is 0. The minimum absolute atomic E-state index is 0.0221. The molecule has 1 aliphatic rings. The van der Waals surface area contributed by atoms with Gasteiger partial charge in [-0.2, -0.15) is 0 Å². The van der Waals surface area contributed by atoms with Gasteiger partial charge in [0.1, 0.15) is 0 Å². The zero-order valence-electron chi connectivity index (χ0n) is 27.3. The molecule has 0 radical (unpaired) electrons. The Hall–Kier alpha value is -1.72. The first-order valence-corrected chi connectivity index (χ1v) is 12.8. The van der Waals surface area contributed by atoms with E-state index in [2.05, 4.69) is 6.58 Å². The molecule has 2 unspecified atom stereocenters. The molecule has 1 aromatic rings. The molecule has 4 heteroatoms. The van der Waals surface area contributed by atoms with E-state index in [0.717, 1.165) is 36.0 Å². The number of hydrogen-bond acceptors (Lipinski definition) is 4. The lowest BCUT2D eigenvalue weighted by Gasteiger charge is -2.26. The van der Waals surface area contributed by atoms with Gasteiger partial charge < -0.3 is 20.4 Å². The maximum Gasteiger partial charge on any atom is 0.0811 e. The van der Waals surface area contributed by atoms with E-state index in [4.69, 9.17) is 8.22 Å². The van der Waals surface area contributed by atoms with Gasteiger partial charge in [0.15, 0.2) is 0 Å². The van der Waals surface area contributed by atoms with Crippen LogP contribution < -0.4 is 0 Å². The smallest absolute Gasteiger partial charge is 0.0811 e. The van der Waals surface area contributed by atoms with Crippen molar-refractivity contribution in [1.82, 2.24) is 0 Å². The van der Waals surface area contributed by atoms with Crippen LogP contribution in [-0.2, 0) is 6.37 Å². The summed E-state index contributed by atoms with van der Waals surface area (Å²) >= 11 is 0. The average Bonchev–Trinajstić information content (AvgIpc) is 2.86. The second-order valence-corrected chi connectivity index (χ2v) is 10.3. The minimum Gasteiger partial charge on any atom is -0.393 e. The topological polar surface area (TPSA) is 80.9 Å². The molecule has 196 valence electrons. The number of rotatable bonds is 14. The van der Waals surface area contributed by atoms with E-state index in [1.165, 1.54) is 0 Å². The van der Waals surface area contributed by atoms with Crippen LogP contribution in [0.3, 0.4) is 0 Å². The third-order valence-electron chi connectivity index (χ3n) is 6.31. The monoisotopic (exact) mass is 490 g/mol. The number of aryl methyl sites for hydroxylation is 1. The summed E-state index contributed by atoms with van der Waals surface area (Å²) in [6.45, 7) is 5.08. The molecule has 0 amide bonds. The highest BCUT2D eigenvalue weighted by Crippen LogP contribution is 2.30. The predicted octanol–water partition coefficient (Wildman–Crippen LogP) is 6.27. The first-order valence-electron chi connectivity index (χ1n) is 15.9. The Balaban J connectivity index is 2.26. The van der Waals surface area contributed by atoms with E-state index in [9.17, 15) is 20.4 Å². The maximum absolute atomic E-state index is 10.2. The van der Waals surface area contributed by atoms with E-state index in [0.29, 0.717) is 30.4 Å². The van der Waals surface area contributed by atoms with Crippen molar-refractivity contribution in [2.75, 3.05) is 0 Å². The molecule has 1 aliphatic carbocycles. The molecule has 0 aromatic heterocycles. The van der Waals surface area contributed by atoms with Crippen molar-refractivity contribution < 1.29 is 28.7 Å². The van der Waals surface area contributed by atoms with E-state index in [1.807, 2.05) is 18.2 Å². The number of aliphatic hydroxyl groups is 4. The predicted molar refractivity (Wildman–Crippen MR) is 146 cm³/mol. The van der Waals surface area contributed by atoms with Crippen LogP contribution in [0.25, 0.3) is 5.57 Å². The van der Waals surface area contributed by atoms with Crippen molar-refractivity contribution in [2.24, 2.45) is 0 Å². The van der Waals surface area contributed by atoms with E-state index in [1.54, 1.807) is 32.0 Å². The molecule has 4 nitrogen and oxygen atoms in total. The lowest BCUT2D eigenvalue weighted by atomic mass is 9.85. The van der Waals surface area contributed by atoms with Gasteiger partial charge in [-0.25, -0.2) is 0 Å². The second-order valence-electron chi connectivity index (χ2n) is 10.3. The molecule has 2 rings (SSSR count). The van der Waals surface area contributed by atoms with Gasteiger partial charge in [-0.15, -0.1) is 0 Å². The quantitative estimate of drug-likeness (QED) is 0.232. The molecular weight excluding hydrogens is 436 g/mol. The van der Waals surface area contributed by atoms with Gasteiger partial charge in [0.2, 0.25) is 0 Å². The van der Waals surface area contributed by atoms with Crippen molar-refractivity contribution in [2.45, 2.75) is 122 Å². The highest BCUT2D eigenvalue weighted by atomic mass is 16.3. The van der Waals surface area contributed by atoms with Gasteiger partial charge in [0.05, 0.1) is 23.9 Å². The van der Waals surface area contributed by atoms with Crippen LogP contribution in [0.1, 0.15) is 111 Å².